The minimum atomic E-state index is -3.42. The molecule has 0 aromatic carbocycles. The number of hydrogen-bond acceptors (Lipinski definition) is 3. The van der Waals surface area contributed by atoms with Crippen molar-refractivity contribution in [3.8, 4) is 0 Å². The van der Waals surface area contributed by atoms with Gasteiger partial charge in [0.25, 0.3) is 10.2 Å². The van der Waals surface area contributed by atoms with Crippen LogP contribution in [0.4, 0.5) is 0 Å². The molecule has 1 rings (SSSR count). The molecule has 6 nitrogen and oxygen atoms in total. The summed E-state index contributed by atoms with van der Waals surface area (Å²) in [6.45, 7) is 5.99. The highest BCUT2D eigenvalue weighted by Crippen LogP contribution is 2.02. The Kier molecular flexibility index (Phi) is 4.67. The minimum absolute atomic E-state index is 0.0654. The third-order valence-corrected chi connectivity index (χ3v) is 4.36. The predicted molar refractivity (Wildman–Crippen MR) is 66.6 cm³/mol. The van der Waals surface area contributed by atoms with Crippen LogP contribution in [0.3, 0.4) is 0 Å². The van der Waals surface area contributed by atoms with Gasteiger partial charge < -0.3 is 0 Å². The molecule has 0 aliphatic carbocycles. The molecular formula is C10H20N4O2S. The Morgan fingerprint density at radius 1 is 1.41 bits per heavy atom. The van der Waals surface area contributed by atoms with Crippen molar-refractivity contribution in [1.82, 2.24) is 18.8 Å². The first kappa shape index (κ1) is 14.1. The highest BCUT2D eigenvalue weighted by atomic mass is 32.2. The second-order valence-electron chi connectivity index (χ2n) is 4.36. The Balaban J connectivity index is 2.59. The second kappa shape index (κ2) is 5.61. The highest BCUT2D eigenvalue weighted by molar-refractivity contribution is 7.87. The molecule has 0 aliphatic heterocycles. The molecule has 0 saturated carbocycles. The number of aromatic nitrogens is 2. The Morgan fingerprint density at radius 3 is 2.53 bits per heavy atom. The van der Waals surface area contributed by atoms with E-state index < -0.39 is 10.2 Å². The lowest BCUT2D eigenvalue weighted by molar-refractivity contribution is 0.391. The van der Waals surface area contributed by atoms with Crippen LogP contribution in [0.15, 0.2) is 18.5 Å². The molecule has 0 radical (unpaired) electrons. The quantitative estimate of drug-likeness (QED) is 0.807. The van der Waals surface area contributed by atoms with E-state index in [1.807, 2.05) is 26.8 Å². The van der Waals surface area contributed by atoms with Crippen molar-refractivity contribution in [2.45, 2.75) is 39.4 Å². The average Bonchev–Trinajstić information content (AvgIpc) is 2.67. The van der Waals surface area contributed by atoms with Gasteiger partial charge in [0.1, 0.15) is 0 Å². The van der Waals surface area contributed by atoms with E-state index in [0.717, 1.165) is 0 Å². The van der Waals surface area contributed by atoms with Gasteiger partial charge in [-0.15, -0.1) is 0 Å². The van der Waals surface area contributed by atoms with Crippen molar-refractivity contribution in [2.24, 2.45) is 0 Å². The molecule has 1 heterocycles. The summed E-state index contributed by atoms with van der Waals surface area (Å²) in [6, 6.07) is 1.53. The standard InChI is InChI=1S/C10H20N4O2S/c1-9(2)13(4)17(15,16)12-10(3)8-14-7-5-6-11-14/h5-7,9-10,12H,8H2,1-4H3/t10-/m0/s1. The molecule has 7 heteroatoms. The average molecular weight is 260 g/mol. The zero-order valence-corrected chi connectivity index (χ0v) is 11.5. The molecule has 0 unspecified atom stereocenters. The van der Waals surface area contributed by atoms with Crippen molar-refractivity contribution in [1.29, 1.82) is 0 Å². The summed E-state index contributed by atoms with van der Waals surface area (Å²) in [5, 5.41) is 4.03. The lowest BCUT2D eigenvalue weighted by Crippen LogP contribution is -2.46. The van der Waals surface area contributed by atoms with E-state index in [-0.39, 0.29) is 12.1 Å². The summed E-state index contributed by atoms with van der Waals surface area (Å²) in [4.78, 5) is 0. The van der Waals surface area contributed by atoms with Gasteiger partial charge in [-0.2, -0.15) is 22.5 Å². The zero-order valence-electron chi connectivity index (χ0n) is 10.7. The third kappa shape index (κ3) is 4.10. The summed E-state index contributed by atoms with van der Waals surface area (Å²) in [6.07, 6.45) is 3.47. The van der Waals surface area contributed by atoms with Crippen molar-refractivity contribution < 1.29 is 8.42 Å². The molecule has 1 atom stereocenters. The lowest BCUT2D eigenvalue weighted by Gasteiger charge is -2.23. The second-order valence-corrected chi connectivity index (χ2v) is 6.12. The van der Waals surface area contributed by atoms with Crippen molar-refractivity contribution in [3.63, 3.8) is 0 Å². The van der Waals surface area contributed by atoms with Gasteiger partial charge in [-0.25, -0.2) is 0 Å². The topological polar surface area (TPSA) is 67.2 Å². The van der Waals surface area contributed by atoms with Gasteiger partial charge in [0.05, 0.1) is 6.54 Å². The molecule has 1 aromatic rings. The van der Waals surface area contributed by atoms with Crippen LogP contribution < -0.4 is 4.72 Å². The van der Waals surface area contributed by atoms with Crippen LogP contribution >= 0.6 is 0 Å². The largest absolute Gasteiger partial charge is 0.279 e. The normalized spacial score (nSPS) is 14.5. The predicted octanol–water partition coefficient (Wildman–Crippen LogP) is 0.446. The summed E-state index contributed by atoms with van der Waals surface area (Å²) in [5.74, 6) is 0. The number of hydrogen-bond donors (Lipinski definition) is 1. The third-order valence-electron chi connectivity index (χ3n) is 2.48. The molecular weight excluding hydrogens is 240 g/mol. The Hall–Kier alpha value is -0.920. The molecule has 1 N–H and O–H groups in total. The van der Waals surface area contributed by atoms with Gasteiger partial charge in [-0.05, 0) is 26.8 Å². The SMILES string of the molecule is CC(C)N(C)S(=O)(=O)N[C@@H](C)Cn1cccn1. The van der Waals surface area contributed by atoms with Crippen LogP contribution in [0.25, 0.3) is 0 Å². The van der Waals surface area contributed by atoms with Crippen molar-refractivity contribution in [2.75, 3.05) is 7.05 Å². The van der Waals surface area contributed by atoms with Crippen molar-refractivity contribution >= 4 is 10.2 Å². The van der Waals surface area contributed by atoms with Crippen LogP contribution in [0.5, 0.6) is 0 Å². The van der Waals surface area contributed by atoms with E-state index >= 15 is 0 Å². The monoisotopic (exact) mass is 260 g/mol. The zero-order chi connectivity index (χ0) is 13.1. The van der Waals surface area contributed by atoms with E-state index in [2.05, 4.69) is 9.82 Å². The van der Waals surface area contributed by atoms with Crippen LogP contribution in [-0.2, 0) is 16.8 Å². The molecule has 0 amide bonds. The maximum atomic E-state index is 11.9. The first-order valence-electron chi connectivity index (χ1n) is 5.55. The maximum absolute atomic E-state index is 11.9. The summed E-state index contributed by atoms with van der Waals surface area (Å²) < 4.78 is 29.4. The molecule has 98 valence electrons. The molecule has 0 spiro atoms. The van der Waals surface area contributed by atoms with E-state index in [0.29, 0.717) is 6.54 Å². The van der Waals surface area contributed by atoms with Gasteiger partial charge in [0, 0.05) is 31.5 Å². The first-order valence-corrected chi connectivity index (χ1v) is 6.99. The van der Waals surface area contributed by atoms with E-state index in [1.165, 1.54) is 4.31 Å². The molecule has 0 aliphatic rings. The fourth-order valence-corrected chi connectivity index (χ4v) is 2.65. The van der Waals surface area contributed by atoms with E-state index in [9.17, 15) is 8.42 Å². The highest BCUT2D eigenvalue weighted by Gasteiger charge is 2.22. The Labute approximate surface area is 103 Å². The van der Waals surface area contributed by atoms with Gasteiger partial charge in [-0.3, -0.25) is 4.68 Å². The van der Waals surface area contributed by atoms with E-state index in [1.54, 1.807) is 24.1 Å². The lowest BCUT2D eigenvalue weighted by atomic mass is 10.4. The Bertz CT molecular complexity index is 427. The number of rotatable bonds is 6. The maximum Gasteiger partial charge on any atom is 0.279 e. The first-order chi connectivity index (χ1) is 7.83. The van der Waals surface area contributed by atoms with Crippen LogP contribution in [0, 0.1) is 0 Å². The van der Waals surface area contributed by atoms with Crippen LogP contribution in [0.1, 0.15) is 20.8 Å². The fourth-order valence-electron chi connectivity index (χ4n) is 1.34. The number of nitrogens with one attached hydrogen (secondary N) is 1. The Morgan fingerprint density at radius 2 is 2.06 bits per heavy atom. The smallest absolute Gasteiger partial charge is 0.271 e. The van der Waals surface area contributed by atoms with Gasteiger partial charge >= 0.3 is 0 Å². The number of nitrogens with zero attached hydrogens (tertiary/aromatic N) is 3. The fraction of sp³-hybridized carbons (Fsp3) is 0.700. The minimum Gasteiger partial charge on any atom is -0.271 e. The van der Waals surface area contributed by atoms with E-state index in [4.69, 9.17) is 0 Å². The molecule has 0 fully saturated rings. The van der Waals surface area contributed by atoms with Gasteiger partial charge in [0.15, 0.2) is 0 Å². The van der Waals surface area contributed by atoms with Gasteiger partial charge in [-0.1, -0.05) is 0 Å². The van der Waals surface area contributed by atoms with Crippen molar-refractivity contribution in [3.05, 3.63) is 18.5 Å². The van der Waals surface area contributed by atoms with Gasteiger partial charge in [0.2, 0.25) is 0 Å². The summed E-state index contributed by atoms with van der Waals surface area (Å²) in [7, 11) is -1.86. The molecule has 0 saturated heterocycles. The molecule has 1 aromatic heterocycles. The molecule has 0 bridgehead atoms. The van der Waals surface area contributed by atoms with Crippen LogP contribution in [-0.4, -0.2) is 41.6 Å². The summed E-state index contributed by atoms with van der Waals surface area (Å²) >= 11 is 0. The van der Waals surface area contributed by atoms with Crippen LogP contribution in [0.2, 0.25) is 0 Å². The molecule has 17 heavy (non-hydrogen) atoms. The summed E-state index contributed by atoms with van der Waals surface area (Å²) in [5.41, 5.74) is 0.